The van der Waals surface area contributed by atoms with Crippen LogP contribution in [0.1, 0.15) is 38.2 Å². The number of nitrogens with zero attached hydrogens (tertiary/aromatic N) is 1. The third-order valence-electron chi connectivity index (χ3n) is 5.38. The number of hydrogen-bond acceptors (Lipinski definition) is 2. The molecule has 3 atom stereocenters. The van der Waals surface area contributed by atoms with Gasteiger partial charge in [-0.2, -0.15) is 0 Å². The predicted octanol–water partition coefficient (Wildman–Crippen LogP) is 3.14. The van der Waals surface area contributed by atoms with Gasteiger partial charge in [0.2, 0.25) is 11.8 Å². The molecule has 0 spiro atoms. The average Bonchev–Trinajstić information content (AvgIpc) is 2.64. The van der Waals surface area contributed by atoms with Gasteiger partial charge in [-0.1, -0.05) is 55.8 Å². The Balaban J connectivity index is 1.70. The van der Waals surface area contributed by atoms with Crippen LogP contribution in [0.15, 0.2) is 42.5 Å². The van der Waals surface area contributed by atoms with Crippen LogP contribution >= 0.6 is 0 Å². The quantitative estimate of drug-likeness (QED) is 0.639. The van der Waals surface area contributed by atoms with Crippen molar-refractivity contribution in [3.05, 3.63) is 48.0 Å². The Morgan fingerprint density at radius 3 is 2.84 bits per heavy atom. The molecule has 1 saturated heterocycles. The minimum Gasteiger partial charge on any atom is -0.356 e. The Bertz CT molecular complexity index is 626. The van der Waals surface area contributed by atoms with Gasteiger partial charge in [-0.15, -0.1) is 0 Å². The van der Waals surface area contributed by atoms with Crippen molar-refractivity contribution < 1.29 is 9.59 Å². The van der Waals surface area contributed by atoms with Gasteiger partial charge in [0.15, 0.2) is 0 Å². The van der Waals surface area contributed by atoms with E-state index in [0.29, 0.717) is 19.5 Å². The number of carbonyl (C=O) groups excluding carboxylic acids is 2. The lowest BCUT2D eigenvalue weighted by Gasteiger charge is -2.41. The number of nitrogens with one attached hydrogen (secondary N) is 1. The monoisotopic (exact) mass is 340 g/mol. The molecule has 1 aliphatic heterocycles. The highest BCUT2D eigenvalue weighted by Gasteiger charge is 2.44. The maximum atomic E-state index is 13.1. The maximum absolute atomic E-state index is 13.1. The summed E-state index contributed by atoms with van der Waals surface area (Å²) in [6.07, 6.45) is 7.89. The summed E-state index contributed by atoms with van der Waals surface area (Å²) >= 11 is 0. The zero-order chi connectivity index (χ0) is 17.6. The zero-order valence-electron chi connectivity index (χ0n) is 15.0. The second-order valence-electron chi connectivity index (χ2n) is 7.14. The van der Waals surface area contributed by atoms with Gasteiger partial charge < -0.3 is 10.2 Å². The molecule has 1 N–H and O–H groups in total. The molecule has 4 nitrogen and oxygen atoms in total. The standard InChI is InChI=1S/C21H28N2O2/c1-2-3-13-22-20(24)18-11-7-10-17-12-14-23(21(25)19(17)18)15-16-8-5-4-6-9-16/h4-10,17-19H,2-3,11-15H2,1H3,(H,22,24)/t17-,18?,19+/m1/s1. The minimum absolute atomic E-state index is 0.0442. The summed E-state index contributed by atoms with van der Waals surface area (Å²) in [5.41, 5.74) is 1.14. The second-order valence-corrected chi connectivity index (χ2v) is 7.14. The Kier molecular flexibility index (Phi) is 5.90. The minimum atomic E-state index is -0.224. The first-order chi connectivity index (χ1) is 12.2. The molecular formula is C21H28N2O2. The Morgan fingerprint density at radius 2 is 2.08 bits per heavy atom. The summed E-state index contributed by atoms with van der Waals surface area (Å²) < 4.78 is 0. The molecule has 4 heteroatoms. The van der Waals surface area contributed by atoms with Crippen LogP contribution in [-0.2, 0) is 16.1 Å². The van der Waals surface area contributed by atoms with Gasteiger partial charge >= 0.3 is 0 Å². The van der Waals surface area contributed by atoms with E-state index in [-0.39, 0.29) is 29.6 Å². The normalized spacial score (nSPS) is 25.6. The molecule has 0 saturated carbocycles. The number of amides is 2. The van der Waals surface area contributed by atoms with Crippen molar-refractivity contribution in [2.45, 2.75) is 39.2 Å². The molecule has 1 aromatic rings. The van der Waals surface area contributed by atoms with Gasteiger partial charge in [0.25, 0.3) is 0 Å². The lowest BCUT2D eigenvalue weighted by Crippen LogP contribution is -2.51. The van der Waals surface area contributed by atoms with E-state index in [4.69, 9.17) is 0 Å². The van der Waals surface area contributed by atoms with Crippen LogP contribution in [0.3, 0.4) is 0 Å². The van der Waals surface area contributed by atoms with Crippen molar-refractivity contribution in [1.82, 2.24) is 10.2 Å². The Labute approximate surface area is 150 Å². The summed E-state index contributed by atoms with van der Waals surface area (Å²) in [5.74, 6) is -0.0416. The molecule has 1 aliphatic carbocycles. The van der Waals surface area contributed by atoms with Gasteiger partial charge in [-0.25, -0.2) is 0 Å². The largest absolute Gasteiger partial charge is 0.356 e. The van der Waals surface area contributed by atoms with Crippen molar-refractivity contribution in [1.29, 1.82) is 0 Å². The summed E-state index contributed by atoms with van der Waals surface area (Å²) in [7, 11) is 0. The molecule has 2 amide bonds. The number of carbonyl (C=O) groups is 2. The number of fused-ring (bicyclic) bond motifs is 1. The van der Waals surface area contributed by atoms with Crippen LogP contribution in [0.4, 0.5) is 0 Å². The molecule has 0 radical (unpaired) electrons. The third-order valence-corrected chi connectivity index (χ3v) is 5.38. The molecule has 0 aromatic heterocycles. The molecule has 1 unspecified atom stereocenters. The predicted molar refractivity (Wildman–Crippen MR) is 98.6 cm³/mol. The number of piperidine rings is 1. The van der Waals surface area contributed by atoms with E-state index in [1.165, 1.54) is 0 Å². The van der Waals surface area contributed by atoms with Crippen LogP contribution < -0.4 is 5.32 Å². The first kappa shape index (κ1) is 17.7. The first-order valence-electron chi connectivity index (χ1n) is 9.47. The number of likely N-dealkylation sites (tertiary alicyclic amines) is 1. The molecular weight excluding hydrogens is 312 g/mol. The number of benzene rings is 1. The summed E-state index contributed by atoms with van der Waals surface area (Å²) in [5, 5.41) is 3.03. The van der Waals surface area contributed by atoms with E-state index in [0.717, 1.165) is 31.4 Å². The molecule has 1 heterocycles. The van der Waals surface area contributed by atoms with Gasteiger partial charge in [-0.05, 0) is 30.7 Å². The van der Waals surface area contributed by atoms with Crippen molar-refractivity contribution >= 4 is 11.8 Å². The summed E-state index contributed by atoms with van der Waals surface area (Å²) in [4.78, 5) is 27.7. The van der Waals surface area contributed by atoms with E-state index >= 15 is 0 Å². The molecule has 1 aromatic carbocycles. The third kappa shape index (κ3) is 4.12. The Hall–Kier alpha value is -2.10. The van der Waals surface area contributed by atoms with Crippen molar-refractivity contribution in [3.63, 3.8) is 0 Å². The number of hydrogen-bond donors (Lipinski definition) is 1. The van der Waals surface area contributed by atoms with Crippen LogP contribution in [0.25, 0.3) is 0 Å². The first-order valence-corrected chi connectivity index (χ1v) is 9.47. The van der Waals surface area contributed by atoms with Crippen LogP contribution in [0.2, 0.25) is 0 Å². The van der Waals surface area contributed by atoms with Crippen LogP contribution in [0, 0.1) is 17.8 Å². The maximum Gasteiger partial charge on any atom is 0.227 e. The summed E-state index contributed by atoms with van der Waals surface area (Å²) in [6.45, 7) is 4.21. The second kappa shape index (κ2) is 8.32. The molecule has 2 aliphatic rings. The van der Waals surface area contributed by atoms with Gasteiger partial charge in [-0.3, -0.25) is 9.59 Å². The van der Waals surface area contributed by atoms with Crippen LogP contribution in [0.5, 0.6) is 0 Å². The fourth-order valence-corrected chi connectivity index (χ4v) is 3.97. The molecule has 25 heavy (non-hydrogen) atoms. The van der Waals surface area contributed by atoms with Crippen molar-refractivity contribution in [2.75, 3.05) is 13.1 Å². The SMILES string of the molecule is CCCCNC(=O)C1CC=C[C@@H]2CCN(Cc3ccccc3)C(=O)[C@H]12. The smallest absolute Gasteiger partial charge is 0.227 e. The topological polar surface area (TPSA) is 49.4 Å². The fraction of sp³-hybridized carbons (Fsp3) is 0.524. The van der Waals surface area contributed by atoms with E-state index in [9.17, 15) is 9.59 Å². The van der Waals surface area contributed by atoms with Gasteiger partial charge in [0, 0.05) is 19.6 Å². The lowest BCUT2D eigenvalue weighted by atomic mass is 9.71. The molecule has 3 rings (SSSR count). The zero-order valence-corrected chi connectivity index (χ0v) is 15.0. The van der Waals surface area contributed by atoms with Gasteiger partial charge in [0.05, 0.1) is 11.8 Å². The van der Waals surface area contributed by atoms with Crippen molar-refractivity contribution in [3.8, 4) is 0 Å². The highest BCUT2D eigenvalue weighted by atomic mass is 16.2. The Morgan fingerprint density at radius 1 is 1.28 bits per heavy atom. The van der Waals surface area contributed by atoms with Crippen LogP contribution in [-0.4, -0.2) is 29.8 Å². The average molecular weight is 340 g/mol. The van der Waals surface area contributed by atoms with E-state index in [1.807, 2.05) is 23.1 Å². The molecule has 0 bridgehead atoms. The summed E-state index contributed by atoms with van der Waals surface area (Å²) in [6, 6.07) is 10.1. The number of unbranched alkanes of at least 4 members (excludes halogenated alkanes) is 1. The number of allylic oxidation sites excluding steroid dienone is 2. The highest BCUT2D eigenvalue weighted by Crippen LogP contribution is 2.37. The highest BCUT2D eigenvalue weighted by molar-refractivity contribution is 5.89. The van der Waals surface area contributed by atoms with E-state index in [2.05, 4.69) is 36.5 Å². The van der Waals surface area contributed by atoms with E-state index in [1.54, 1.807) is 0 Å². The fourth-order valence-electron chi connectivity index (χ4n) is 3.97. The van der Waals surface area contributed by atoms with Gasteiger partial charge in [0.1, 0.15) is 0 Å². The van der Waals surface area contributed by atoms with Crippen molar-refractivity contribution in [2.24, 2.45) is 17.8 Å². The molecule has 134 valence electrons. The molecule has 1 fully saturated rings. The lowest BCUT2D eigenvalue weighted by molar-refractivity contribution is -0.148. The number of rotatable bonds is 6. The van der Waals surface area contributed by atoms with E-state index < -0.39 is 0 Å².